The van der Waals surface area contributed by atoms with Crippen LogP contribution in [0.5, 0.6) is 0 Å². The predicted molar refractivity (Wildman–Crippen MR) is 104 cm³/mol. The number of aliphatic hydroxyl groups is 1. The number of halogens is 1. The number of ether oxygens (including phenoxy) is 1. The summed E-state index contributed by atoms with van der Waals surface area (Å²) in [7, 11) is 1.36. The minimum Gasteiger partial charge on any atom is -0.465 e. The molecule has 2 N–H and O–H groups in total. The number of rotatable bonds is 4. The zero-order valence-corrected chi connectivity index (χ0v) is 17.0. The lowest BCUT2D eigenvalue weighted by molar-refractivity contribution is 0.0599. The van der Waals surface area contributed by atoms with Gasteiger partial charge in [-0.2, -0.15) is 0 Å². The van der Waals surface area contributed by atoms with E-state index < -0.39 is 12.1 Å². The summed E-state index contributed by atoms with van der Waals surface area (Å²) in [5.41, 5.74) is 0.418. The molecule has 2 fully saturated rings. The summed E-state index contributed by atoms with van der Waals surface area (Å²) in [6.07, 6.45) is 7.03. The average molecular weight is 426 g/mol. The molecule has 0 bridgehead atoms. The van der Waals surface area contributed by atoms with E-state index in [0.29, 0.717) is 29.9 Å². The van der Waals surface area contributed by atoms with E-state index in [0.717, 1.165) is 17.4 Å². The van der Waals surface area contributed by atoms with E-state index >= 15 is 0 Å². The molecule has 0 amide bonds. The molecule has 4 atom stereocenters. The molecule has 0 radical (unpaired) electrons. The van der Waals surface area contributed by atoms with Crippen molar-refractivity contribution in [1.29, 1.82) is 0 Å². The highest BCUT2D eigenvalue weighted by atomic mass is 79.9. The van der Waals surface area contributed by atoms with Crippen LogP contribution < -0.4 is 10.2 Å². The van der Waals surface area contributed by atoms with Gasteiger partial charge in [-0.05, 0) is 47.2 Å². The fourth-order valence-corrected chi connectivity index (χ4v) is 4.43. The number of anilines is 1. The van der Waals surface area contributed by atoms with Crippen molar-refractivity contribution < 1.29 is 14.6 Å². The molecule has 1 aromatic rings. The van der Waals surface area contributed by atoms with Crippen molar-refractivity contribution in [2.24, 2.45) is 5.92 Å². The fraction of sp³-hybridized carbons (Fsp3) is 0.684. The lowest BCUT2D eigenvalue weighted by Crippen LogP contribution is -2.56. The molecule has 1 saturated carbocycles. The van der Waals surface area contributed by atoms with Gasteiger partial charge in [0.25, 0.3) is 0 Å². The van der Waals surface area contributed by atoms with Crippen LogP contribution >= 0.6 is 15.9 Å². The van der Waals surface area contributed by atoms with Crippen molar-refractivity contribution in [3.05, 3.63) is 22.3 Å². The molecular formula is C19H28BrN3O3. The monoisotopic (exact) mass is 425 g/mol. The normalized spacial score (nSPS) is 29.5. The summed E-state index contributed by atoms with van der Waals surface area (Å²) in [5, 5.41) is 14.4. The number of aliphatic hydroxyl groups excluding tert-OH is 1. The lowest BCUT2D eigenvalue weighted by atomic mass is 9.84. The van der Waals surface area contributed by atoms with Gasteiger partial charge in [0.05, 0.1) is 13.2 Å². The first-order valence-corrected chi connectivity index (χ1v) is 10.2. The third-order valence-corrected chi connectivity index (χ3v) is 6.09. The second-order valence-corrected chi connectivity index (χ2v) is 8.38. The highest BCUT2D eigenvalue weighted by Gasteiger charge is 2.33. The van der Waals surface area contributed by atoms with E-state index in [1.165, 1.54) is 32.8 Å². The number of aromatic nitrogens is 1. The summed E-state index contributed by atoms with van der Waals surface area (Å²) in [5.74, 6) is 0.816. The number of nitrogens with one attached hydrogen (secondary N) is 1. The van der Waals surface area contributed by atoms with Crippen LogP contribution in [0.25, 0.3) is 0 Å². The Kier molecular flexibility index (Phi) is 6.53. The minimum atomic E-state index is -0.492. The topological polar surface area (TPSA) is 74.7 Å². The van der Waals surface area contributed by atoms with Crippen LogP contribution in [-0.4, -0.2) is 54.4 Å². The zero-order valence-electron chi connectivity index (χ0n) is 15.4. The Hall–Kier alpha value is -1.18. The molecular weight excluding hydrogens is 398 g/mol. The number of carbonyl (C=O) groups excluding carboxylic acids is 1. The molecule has 1 aliphatic heterocycles. The third-order valence-electron chi connectivity index (χ3n) is 5.66. The number of methoxy groups -OCH3 is 1. The van der Waals surface area contributed by atoms with E-state index in [-0.39, 0.29) is 6.04 Å². The van der Waals surface area contributed by atoms with E-state index in [9.17, 15) is 9.90 Å². The van der Waals surface area contributed by atoms with Crippen molar-refractivity contribution >= 4 is 27.7 Å². The number of hydrogen-bond donors (Lipinski definition) is 2. The molecule has 7 heteroatoms. The fourth-order valence-electron chi connectivity index (χ4n) is 4.10. The predicted octanol–water partition coefficient (Wildman–Crippen LogP) is 2.74. The maximum Gasteiger partial charge on any atom is 0.341 e. The Labute approximate surface area is 163 Å². The molecule has 2 heterocycles. The zero-order chi connectivity index (χ0) is 18.7. The molecule has 0 aromatic carbocycles. The first-order valence-electron chi connectivity index (χ1n) is 9.42. The molecule has 1 aliphatic carbocycles. The van der Waals surface area contributed by atoms with Crippen LogP contribution in [0.15, 0.2) is 16.7 Å². The summed E-state index contributed by atoms with van der Waals surface area (Å²) in [6.45, 7) is 3.50. The quantitative estimate of drug-likeness (QED) is 0.722. The van der Waals surface area contributed by atoms with Gasteiger partial charge in [-0.25, -0.2) is 9.78 Å². The standard InChI is InChI=1S/C19H28BrN3O3/c1-12-5-3-4-6-15(12)22-16-7-8-23(11-17(16)24)18-14(19(25)26-2)9-13(20)10-21-18/h9-10,12,15-17,22,24H,3-8,11H2,1-2H3. The molecule has 26 heavy (non-hydrogen) atoms. The molecule has 3 rings (SSSR count). The Morgan fingerprint density at radius 1 is 1.35 bits per heavy atom. The van der Waals surface area contributed by atoms with Gasteiger partial charge in [-0.3, -0.25) is 0 Å². The van der Waals surface area contributed by atoms with Crippen molar-refractivity contribution in [1.82, 2.24) is 10.3 Å². The number of esters is 1. The van der Waals surface area contributed by atoms with E-state index in [4.69, 9.17) is 4.74 Å². The SMILES string of the molecule is COC(=O)c1cc(Br)cnc1N1CCC(NC2CCCCC2C)C(O)C1. The van der Waals surface area contributed by atoms with Crippen LogP contribution in [0.2, 0.25) is 0 Å². The van der Waals surface area contributed by atoms with Crippen molar-refractivity contribution in [2.45, 2.75) is 57.2 Å². The maximum atomic E-state index is 12.1. The first-order chi connectivity index (χ1) is 12.5. The average Bonchev–Trinajstić information content (AvgIpc) is 2.64. The highest BCUT2D eigenvalue weighted by molar-refractivity contribution is 9.10. The van der Waals surface area contributed by atoms with Gasteiger partial charge in [0.1, 0.15) is 11.4 Å². The van der Waals surface area contributed by atoms with Crippen molar-refractivity contribution in [3.63, 3.8) is 0 Å². The van der Waals surface area contributed by atoms with Gasteiger partial charge in [0.2, 0.25) is 0 Å². The van der Waals surface area contributed by atoms with Gasteiger partial charge in [-0.15, -0.1) is 0 Å². The second-order valence-electron chi connectivity index (χ2n) is 7.46. The number of carbonyl (C=O) groups is 1. The number of pyridine rings is 1. The van der Waals surface area contributed by atoms with E-state index in [1.54, 1.807) is 12.3 Å². The summed E-state index contributed by atoms with van der Waals surface area (Å²) in [4.78, 5) is 18.5. The lowest BCUT2D eigenvalue weighted by Gasteiger charge is -2.41. The summed E-state index contributed by atoms with van der Waals surface area (Å²) in [6, 6.07) is 2.30. The van der Waals surface area contributed by atoms with Gasteiger partial charge < -0.3 is 20.1 Å². The molecule has 2 aliphatic rings. The van der Waals surface area contributed by atoms with Crippen LogP contribution in [0.4, 0.5) is 5.82 Å². The van der Waals surface area contributed by atoms with Gasteiger partial charge in [0.15, 0.2) is 0 Å². The number of β-amino-alcohol motifs (C(OH)–C–C–N with tert-alkyl or cyclic N) is 1. The highest BCUT2D eigenvalue weighted by Crippen LogP contribution is 2.28. The molecule has 1 aromatic heterocycles. The third kappa shape index (κ3) is 4.38. The van der Waals surface area contributed by atoms with E-state index in [2.05, 4.69) is 33.2 Å². The van der Waals surface area contributed by atoms with Gasteiger partial charge >= 0.3 is 5.97 Å². The van der Waals surface area contributed by atoms with Gasteiger partial charge in [0, 0.05) is 35.8 Å². The number of nitrogens with zero attached hydrogens (tertiary/aromatic N) is 2. The Morgan fingerprint density at radius 2 is 2.12 bits per heavy atom. The van der Waals surface area contributed by atoms with Crippen LogP contribution in [0.1, 0.15) is 49.4 Å². The van der Waals surface area contributed by atoms with Crippen LogP contribution in [0.3, 0.4) is 0 Å². The maximum absolute atomic E-state index is 12.1. The second kappa shape index (κ2) is 8.67. The Bertz CT molecular complexity index is 642. The largest absolute Gasteiger partial charge is 0.465 e. The van der Waals surface area contributed by atoms with Gasteiger partial charge in [-0.1, -0.05) is 19.8 Å². The van der Waals surface area contributed by atoms with Crippen molar-refractivity contribution in [3.8, 4) is 0 Å². The van der Waals surface area contributed by atoms with Crippen LogP contribution in [-0.2, 0) is 4.74 Å². The number of hydrogen-bond acceptors (Lipinski definition) is 6. The molecule has 6 nitrogen and oxygen atoms in total. The molecule has 0 spiro atoms. The molecule has 1 saturated heterocycles. The molecule has 144 valence electrons. The van der Waals surface area contributed by atoms with E-state index in [1.807, 2.05) is 4.90 Å². The number of piperidine rings is 1. The minimum absolute atomic E-state index is 0.0915. The smallest absolute Gasteiger partial charge is 0.341 e. The molecule has 4 unspecified atom stereocenters. The Balaban J connectivity index is 1.68. The Morgan fingerprint density at radius 3 is 2.81 bits per heavy atom. The summed E-state index contributed by atoms with van der Waals surface area (Å²) < 4.78 is 5.61. The van der Waals surface area contributed by atoms with Crippen LogP contribution in [0, 0.1) is 5.92 Å². The summed E-state index contributed by atoms with van der Waals surface area (Å²) >= 11 is 3.35. The van der Waals surface area contributed by atoms with Crippen molar-refractivity contribution in [2.75, 3.05) is 25.1 Å². The first kappa shape index (κ1) is 19.6.